The molecule has 0 atom stereocenters. The molecule has 0 saturated heterocycles. The van der Waals surface area contributed by atoms with Gasteiger partial charge in [0, 0.05) is 6.17 Å². The monoisotopic (exact) mass is 219 g/mol. The van der Waals surface area contributed by atoms with E-state index < -0.39 is 16.4 Å². The van der Waals surface area contributed by atoms with Gasteiger partial charge in [0.25, 0.3) is 0 Å². The molecule has 0 heterocycles. The molecule has 13 heavy (non-hydrogen) atoms. The molecule has 0 aliphatic heterocycles. The first-order valence-corrected chi connectivity index (χ1v) is 11.7. The van der Waals surface area contributed by atoms with Crippen molar-refractivity contribution in [1.82, 2.24) is 5.32 Å². The lowest BCUT2D eigenvalue weighted by molar-refractivity contribution is 0.200. The second-order valence-corrected chi connectivity index (χ2v) is 15.3. The van der Waals surface area contributed by atoms with Crippen LogP contribution in [0, 0.1) is 0 Å². The van der Waals surface area contributed by atoms with Crippen LogP contribution in [0.25, 0.3) is 0 Å². The highest BCUT2D eigenvalue weighted by atomic mass is 28.4. The van der Waals surface area contributed by atoms with Gasteiger partial charge >= 0.3 is 6.09 Å². The fourth-order valence-electron chi connectivity index (χ4n) is 0.652. The highest BCUT2D eigenvalue weighted by molar-refractivity contribution is 6.76. The maximum absolute atomic E-state index is 11.2. The van der Waals surface area contributed by atoms with E-state index in [4.69, 9.17) is 4.43 Å². The molecule has 5 heteroatoms. The van der Waals surface area contributed by atoms with E-state index in [1.54, 1.807) is 0 Å². The van der Waals surface area contributed by atoms with E-state index in [0.717, 1.165) is 6.17 Å². The van der Waals surface area contributed by atoms with Crippen molar-refractivity contribution < 1.29 is 9.22 Å². The van der Waals surface area contributed by atoms with Gasteiger partial charge < -0.3 is 9.74 Å². The van der Waals surface area contributed by atoms with E-state index in [9.17, 15) is 4.79 Å². The van der Waals surface area contributed by atoms with Crippen LogP contribution in [0.1, 0.15) is 0 Å². The minimum Gasteiger partial charge on any atom is -0.504 e. The summed E-state index contributed by atoms with van der Waals surface area (Å²) in [6.45, 7) is 12.6. The Balaban J connectivity index is 3.78. The topological polar surface area (TPSA) is 38.3 Å². The van der Waals surface area contributed by atoms with E-state index in [0.29, 0.717) is 0 Å². The first-order valence-electron chi connectivity index (χ1n) is 4.57. The molecule has 0 bridgehead atoms. The lowest BCUT2D eigenvalue weighted by atomic mass is 11.1. The van der Waals surface area contributed by atoms with E-state index >= 15 is 0 Å². The zero-order valence-electron chi connectivity index (χ0n) is 9.52. The first-order chi connectivity index (χ1) is 5.60. The van der Waals surface area contributed by atoms with Crippen LogP contribution in [0.15, 0.2) is 0 Å². The molecule has 0 rings (SSSR count). The van der Waals surface area contributed by atoms with Gasteiger partial charge in [0.15, 0.2) is 0 Å². The van der Waals surface area contributed by atoms with Gasteiger partial charge in [-0.15, -0.1) is 0 Å². The average molecular weight is 219 g/mol. The zero-order valence-corrected chi connectivity index (χ0v) is 11.5. The Bertz CT molecular complexity index is 182. The summed E-state index contributed by atoms with van der Waals surface area (Å²) in [5, 5.41) is 2.81. The summed E-state index contributed by atoms with van der Waals surface area (Å²) < 4.78 is 5.24. The summed E-state index contributed by atoms with van der Waals surface area (Å²) in [5.41, 5.74) is 0. The van der Waals surface area contributed by atoms with E-state index in [1.807, 2.05) is 19.6 Å². The molecular weight excluding hydrogens is 198 g/mol. The molecule has 0 aromatic rings. The van der Waals surface area contributed by atoms with Crippen molar-refractivity contribution >= 4 is 22.5 Å². The molecule has 0 aromatic carbocycles. The number of carbonyl (C=O) groups is 1. The van der Waals surface area contributed by atoms with Crippen molar-refractivity contribution in [2.75, 3.05) is 6.17 Å². The summed E-state index contributed by atoms with van der Waals surface area (Å²) in [6.07, 6.45) is 0.539. The van der Waals surface area contributed by atoms with E-state index in [1.165, 1.54) is 0 Å². The molecule has 0 aliphatic carbocycles. The molecular formula is C8H21NO2Si2. The summed E-state index contributed by atoms with van der Waals surface area (Å²) in [6, 6.07) is 0. The minimum atomic E-state index is -1.71. The third-order valence-electron chi connectivity index (χ3n) is 1.16. The quantitative estimate of drug-likeness (QED) is 0.740. The van der Waals surface area contributed by atoms with Crippen LogP contribution in [0.2, 0.25) is 39.3 Å². The van der Waals surface area contributed by atoms with Crippen molar-refractivity contribution in [3.63, 3.8) is 0 Å². The molecule has 0 unspecified atom stereocenters. The second-order valence-electron chi connectivity index (χ2n) is 5.42. The lowest BCUT2D eigenvalue weighted by Gasteiger charge is -2.21. The predicted octanol–water partition coefficient (Wildman–Crippen LogP) is 2.42. The zero-order chi connectivity index (χ0) is 10.7. The molecule has 0 fully saturated rings. The first kappa shape index (κ1) is 12.7. The third kappa shape index (κ3) is 9.62. The summed E-state index contributed by atoms with van der Waals surface area (Å²) in [7, 11) is -2.91. The van der Waals surface area contributed by atoms with Crippen LogP contribution in [0.5, 0.6) is 0 Å². The number of rotatable bonds is 3. The number of hydrogen-bond donors (Lipinski definition) is 1. The van der Waals surface area contributed by atoms with Crippen molar-refractivity contribution in [1.29, 1.82) is 0 Å². The standard InChI is InChI=1S/C8H21NO2Si2/c1-12(2,3)7-9-8(10)11-13(4,5)6/h7H2,1-6H3,(H,9,10). The van der Waals surface area contributed by atoms with Gasteiger partial charge in [0.1, 0.15) is 0 Å². The molecule has 0 spiro atoms. The SMILES string of the molecule is C[Si](C)(C)CNC(=O)O[Si](C)(C)C. The Hall–Kier alpha value is -0.296. The molecule has 1 N–H and O–H groups in total. The van der Waals surface area contributed by atoms with Crippen LogP contribution in [-0.4, -0.2) is 28.7 Å². The second kappa shape index (κ2) is 4.28. The van der Waals surface area contributed by atoms with Crippen LogP contribution in [-0.2, 0) is 4.43 Å². The number of amides is 1. The molecule has 78 valence electrons. The maximum atomic E-state index is 11.2. The Labute approximate surface area is 83.0 Å². The maximum Gasteiger partial charge on any atom is 0.393 e. The predicted molar refractivity (Wildman–Crippen MR) is 61.2 cm³/mol. The van der Waals surface area contributed by atoms with Crippen LogP contribution < -0.4 is 5.32 Å². The Morgan fingerprint density at radius 3 is 1.92 bits per heavy atom. The minimum absolute atomic E-state index is 0.249. The van der Waals surface area contributed by atoms with Crippen molar-refractivity contribution in [3.8, 4) is 0 Å². The van der Waals surface area contributed by atoms with Gasteiger partial charge in [-0.1, -0.05) is 19.6 Å². The number of carbonyl (C=O) groups excluding carboxylic acids is 1. The third-order valence-corrected chi connectivity index (χ3v) is 3.20. The summed E-state index contributed by atoms with van der Waals surface area (Å²) in [4.78, 5) is 11.2. The Kier molecular flexibility index (Phi) is 4.18. The molecule has 1 amide bonds. The lowest BCUT2D eigenvalue weighted by Crippen LogP contribution is -2.43. The molecule has 3 nitrogen and oxygen atoms in total. The van der Waals surface area contributed by atoms with E-state index in [-0.39, 0.29) is 6.09 Å². The Morgan fingerprint density at radius 2 is 1.62 bits per heavy atom. The van der Waals surface area contributed by atoms with Crippen molar-refractivity contribution in [3.05, 3.63) is 0 Å². The van der Waals surface area contributed by atoms with Crippen LogP contribution in [0.3, 0.4) is 0 Å². The van der Waals surface area contributed by atoms with E-state index in [2.05, 4.69) is 25.0 Å². The van der Waals surface area contributed by atoms with Crippen LogP contribution >= 0.6 is 0 Å². The van der Waals surface area contributed by atoms with Gasteiger partial charge in [0.05, 0.1) is 8.07 Å². The van der Waals surface area contributed by atoms with Crippen LogP contribution in [0.4, 0.5) is 4.79 Å². The van der Waals surface area contributed by atoms with Crippen molar-refractivity contribution in [2.24, 2.45) is 0 Å². The fourth-order valence-corrected chi connectivity index (χ4v) is 1.95. The number of nitrogens with one attached hydrogen (secondary N) is 1. The molecule has 0 saturated carbocycles. The Morgan fingerprint density at radius 1 is 1.15 bits per heavy atom. The van der Waals surface area contributed by atoms with Gasteiger partial charge in [-0.25, -0.2) is 4.79 Å². The summed E-state index contributed by atoms with van der Waals surface area (Å²) in [5.74, 6) is 0. The average Bonchev–Trinajstić information content (AvgIpc) is 1.78. The van der Waals surface area contributed by atoms with Gasteiger partial charge in [0.2, 0.25) is 8.32 Å². The van der Waals surface area contributed by atoms with Crippen molar-refractivity contribution in [2.45, 2.75) is 39.3 Å². The van der Waals surface area contributed by atoms with Gasteiger partial charge in [-0.05, 0) is 19.6 Å². The largest absolute Gasteiger partial charge is 0.504 e. The highest BCUT2D eigenvalue weighted by Gasteiger charge is 2.21. The molecule has 0 radical (unpaired) electrons. The normalized spacial score (nSPS) is 12.5. The highest BCUT2D eigenvalue weighted by Crippen LogP contribution is 2.03. The molecule has 0 aliphatic rings. The number of hydrogen-bond acceptors (Lipinski definition) is 2. The fraction of sp³-hybridized carbons (Fsp3) is 0.875. The van der Waals surface area contributed by atoms with Gasteiger partial charge in [-0.2, -0.15) is 0 Å². The molecule has 0 aromatic heterocycles. The smallest absolute Gasteiger partial charge is 0.393 e. The summed E-state index contributed by atoms with van der Waals surface area (Å²) >= 11 is 0. The van der Waals surface area contributed by atoms with Gasteiger partial charge in [-0.3, -0.25) is 0 Å².